The Hall–Kier alpha value is -4.34. The number of nitrogens with one attached hydrogen (secondary N) is 1. The lowest BCUT2D eigenvalue weighted by molar-refractivity contribution is -0.121. The van der Waals surface area contributed by atoms with Crippen molar-refractivity contribution in [3.63, 3.8) is 0 Å². The van der Waals surface area contributed by atoms with Gasteiger partial charge >= 0.3 is 6.03 Å². The van der Waals surface area contributed by atoms with Crippen LogP contribution in [0.25, 0.3) is 11.1 Å². The third-order valence-electron chi connectivity index (χ3n) is 6.54. The molecule has 1 N–H and O–H groups in total. The van der Waals surface area contributed by atoms with Crippen LogP contribution in [0.3, 0.4) is 0 Å². The predicted octanol–water partition coefficient (Wildman–Crippen LogP) is 4.47. The Balaban J connectivity index is 1.35. The van der Waals surface area contributed by atoms with Crippen LogP contribution >= 0.6 is 0 Å². The van der Waals surface area contributed by atoms with Crippen LogP contribution in [0, 0.1) is 10.8 Å². The molecular formula is C26H26N6O4. The molecule has 0 radical (unpaired) electrons. The Bertz CT molecular complexity index is 1270. The summed E-state index contributed by atoms with van der Waals surface area (Å²) in [6, 6.07) is 14.8. The number of nitrogens with zero attached hydrogens (tertiary/aromatic N) is 5. The molecule has 1 aromatic heterocycles. The van der Waals surface area contributed by atoms with Crippen molar-refractivity contribution >= 4 is 29.3 Å². The minimum absolute atomic E-state index is 0.125. The third-order valence-corrected chi connectivity index (χ3v) is 6.54. The molecule has 0 spiro atoms. The second-order valence-corrected chi connectivity index (χ2v) is 8.87. The third kappa shape index (κ3) is 4.74. The molecule has 10 heteroatoms. The summed E-state index contributed by atoms with van der Waals surface area (Å²) in [5.74, 6) is 0.0984. The van der Waals surface area contributed by atoms with Gasteiger partial charge in [0, 0.05) is 41.9 Å². The SMILES string of the molecule is CCC1CN(C(=O)Nc2ccccc2)c2ccc(-c3cnc(N4CCC(C(=O)N=O)C4)nc3)cc2O1. The molecule has 2 unspecified atom stereocenters. The summed E-state index contributed by atoms with van der Waals surface area (Å²) in [5, 5.41) is 5.49. The zero-order valence-corrected chi connectivity index (χ0v) is 19.8. The van der Waals surface area contributed by atoms with Gasteiger partial charge in [-0.1, -0.05) is 31.2 Å². The van der Waals surface area contributed by atoms with E-state index < -0.39 is 11.8 Å². The van der Waals surface area contributed by atoms with Crippen LogP contribution in [0.15, 0.2) is 66.1 Å². The van der Waals surface area contributed by atoms with E-state index in [9.17, 15) is 14.5 Å². The predicted molar refractivity (Wildman–Crippen MR) is 136 cm³/mol. The number of hydrogen-bond donors (Lipinski definition) is 1. The number of carbonyl (C=O) groups is 2. The fourth-order valence-corrected chi connectivity index (χ4v) is 4.50. The van der Waals surface area contributed by atoms with Crippen molar-refractivity contribution in [2.75, 3.05) is 34.8 Å². The van der Waals surface area contributed by atoms with Gasteiger partial charge in [0.1, 0.15) is 11.9 Å². The van der Waals surface area contributed by atoms with E-state index in [-0.39, 0.29) is 12.1 Å². The summed E-state index contributed by atoms with van der Waals surface area (Å²) in [5.41, 5.74) is 3.09. The highest BCUT2D eigenvalue weighted by Crippen LogP contribution is 2.38. The summed E-state index contributed by atoms with van der Waals surface area (Å²) in [6.45, 7) is 3.46. The monoisotopic (exact) mass is 486 g/mol. The van der Waals surface area contributed by atoms with Crippen molar-refractivity contribution in [3.8, 4) is 16.9 Å². The molecule has 0 saturated carbocycles. The topological polar surface area (TPSA) is 117 Å². The minimum Gasteiger partial charge on any atom is -0.486 e. The van der Waals surface area contributed by atoms with Gasteiger partial charge in [-0.3, -0.25) is 9.69 Å². The molecule has 0 aliphatic carbocycles. The molecule has 1 saturated heterocycles. The molecule has 184 valence electrons. The maximum atomic E-state index is 13.1. The number of para-hydroxylation sites is 1. The van der Waals surface area contributed by atoms with E-state index >= 15 is 0 Å². The molecular weight excluding hydrogens is 460 g/mol. The lowest BCUT2D eigenvalue weighted by Gasteiger charge is -2.34. The first-order valence-corrected chi connectivity index (χ1v) is 11.9. The van der Waals surface area contributed by atoms with Gasteiger partial charge in [-0.15, -0.1) is 4.91 Å². The molecule has 2 aliphatic heterocycles. The van der Waals surface area contributed by atoms with Crippen molar-refractivity contribution in [1.82, 2.24) is 9.97 Å². The number of ether oxygens (including phenoxy) is 1. The van der Waals surface area contributed by atoms with Gasteiger partial charge in [-0.05, 0) is 42.7 Å². The number of amides is 3. The van der Waals surface area contributed by atoms with E-state index in [4.69, 9.17) is 4.74 Å². The van der Waals surface area contributed by atoms with Crippen LogP contribution in [0.5, 0.6) is 5.75 Å². The Kier molecular flexibility index (Phi) is 6.57. The van der Waals surface area contributed by atoms with E-state index in [1.54, 1.807) is 17.3 Å². The summed E-state index contributed by atoms with van der Waals surface area (Å²) in [7, 11) is 0. The van der Waals surface area contributed by atoms with Gasteiger partial charge in [0.2, 0.25) is 5.95 Å². The number of benzene rings is 2. The molecule has 2 aromatic carbocycles. The largest absolute Gasteiger partial charge is 0.486 e. The number of nitroso groups, excluding NO2 is 1. The molecule has 1 fully saturated rings. The van der Waals surface area contributed by atoms with E-state index in [0.717, 1.165) is 23.2 Å². The Morgan fingerprint density at radius 1 is 1.08 bits per heavy atom. The maximum Gasteiger partial charge on any atom is 0.326 e. The summed E-state index contributed by atoms with van der Waals surface area (Å²) >= 11 is 0. The summed E-state index contributed by atoms with van der Waals surface area (Å²) in [4.78, 5) is 47.7. The zero-order valence-electron chi connectivity index (χ0n) is 19.8. The van der Waals surface area contributed by atoms with Gasteiger partial charge in [-0.25, -0.2) is 14.8 Å². The van der Waals surface area contributed by atoms with Gasteiger partial charge < -0.3 is 15.0 Å². The molecule has 10 nitrogen and oxygen atoms in total. The van der Waals surface area contributed by atoms with E-state index in [1.807, 2.05) is 60.4 Å². The van der Waals surface area contributed by atoms with Crippen molar-refractivity contribution in [2.24, 2.45) is 11.1 Å². The van der Waals surface area contributed by atoms with Crippen molar-refractivity contribution in [2.45, 2.75) is 25.9 Å². The van der Waals surface area contributed by atoms with E-state index in [0.29, 0.717) is 43.4 Å². The second kappa shape index (κ2) is 10.1. The normalized spacial score (nSPS) is 18.8. The highest BCUT2D eigenvalue weighted by Gasteiger charge is 2.31. The first kappa shape index (κ1) is 23.4. The number of anilines is 3. The number of aromatic nitrogens is 2. The molecule has 0 bridgehead atoms. The van der Waals surface area contributed by atoms with Crippen LogP contribution in [-0.2, 0) is 4.79 Å². The van der Waals surface area contributed by atoms with Crippen LogP contribution < -0.4 is 19.9 Å². The van der Waals surface area contributed by atoms with Crippen LogP contribution in [0.4, 0.5) is 22.1 Å². The Labute approximate surface area is 208 Å². The quantitative estimate of drug-likeness (QED) is 0.529. The highest BCUT2D eigenvalue weighted by molar-refractivity contribution is 6.03. The Morgan fingerprint density at radius 2 is 1.86 bits per heavy atom. The molecule has 2 aliphatic rings. The molecule has 3 heterocycles. The molecule has 2 atom stereocenters. The van der Waals surface area contributed by atoms with Crippen molar-refractivity contribution in [3.05, 3.63) is 65.8 Å². The number of fused-ring (bicyclic) bond motifs is 1. The average molecular weight is 487 g/mol. The second-order valence-electron chi connectivity index (χ2n) is 8.87. The fraction of sp³-hybridized carbons (Fsp3) is 0.308. The first-order valence-electron chi connectivity index (χ1n) is 11.9. The number of rotatable bonds is 5. The van der Waals surface area contributed by atoms with Gasteiger partial charge in [0.05, 0.1) is 18.2 Å². The van der Waals surface area contributed by atoms with Crippen LogP contribution in [0.2, 0.25) is 0 Å². The van der Waals surface area contributed by atoms with Crippen LogP contribution in [-0.4, -0.2) is 47.6 Å². The number of carbonyl (C=O) groups excluding carboxylic acids is 2. The minimum atomic E-state index is -0.625. The molecule has 3 aromatic rings. The van der Waals surface area contributed by atoms with Crippen molar-refractivity contribution in [1.29, 1.82) is 0 Å². The molecule has 5 rings (SSSR count). The van der Waals surface area contributed by atoms with Crippen LogP contribution in [0.1, 0.15) is 19.8 Å². The van der Waals surface area contributed by atoms with Gasteiger partial charge in [0.25, 0.3) is 5.91 Å². The number of urea groups is 1. The lowest BCUT2D eigenvalue weighted by atomic mass is 10.1. The standard InChI is InChI=1S/C26H26N6O4/c1-2-21-16-32(26(34)29-20-6-4-3-5-7-20)22-9-8-17(12-23(22)36-21)19-13-27-25(28-14-19)31-11-10-18(15-31)24(33)30-35/h3-9,12-14,18,21H,2,10-11,15-16H2,1H3,(H,29,34). The summed E-state index contributed by atoms with van der Waals surface area (Å²) in [6.07, 6.45) is 4.63. The number of hydrogen-bond acceptors (Lipinski definition) is 7. The molecule has 36 heavy (non-hydrogen) atoms. The average Bonchev–Trinajstić information content (AvgIpc) is 3.42. The smallest absolute Gasteiger partial charge is 0.326 e. The fourth-order valence-electron chi connectivity index (χ4n) is 4.50. The maximum absolute atomic E-state index is 13.1. The van der Waals surface area contributed by atoms with E-state index in [2.05, 4.69) is 20.5 Å². The van der Waals surface area contributed by atoms with Crippen molar-refractivity contribution < 1.29 is 14.3 Å². The van der Waals surface area contributed by atoms with Gasteiger partial charge in [-0.2, -0.15) is 0 Å². The summed E-state index contributed by atoms with van der Waals surface area (Å²) < 4.78 is 6.19. The first-order chi connectivity index (χ1) is 17.6. The molecule has 3 amide bonds. The van der Waals surface area contributed by atoms with Gasteiger partial charge in [0.15, 0.2) is 0 Å². The van der Waals surface area contributed by atoms with E-state index in [1.165, 1.54) is 0 Å². The Morgan fingerprint density at radius 3 is 2.58 bits per heavy atom. The lowest BCUT2D eigenvalue weighted by Crippen LogP contribution is -2.45. The highest BCUT2D eigenvalue weighted by atomic mass is 16.5. The zero-order chi connectivity index (χ0) is 25.1.